The lowest BCUT2D eigenvalue weighted by atomic mass is 10.1. The molecule has 0 N–H and O–H groups in total. The Morgan fingerprint density at radius 3 is 2.40 bits per heavy atom. The highest BCUT2D eigenvalue weighted by Crippen LogP contribution is 2.34. The molecule has 0 saturated carbocycles. The number of rotatable bonds is 5. The first-order valence-corrected chi connectivity index (χ1v) is 10.4. The third-order valence-electron chi connectivity index (χ3n) is 5.07. The monoisotopic (exact) mass is 437 g/mol. The molecule has 0 aliphatic carbocycles. The number of halogens is 2. The van der Waals surface area contributed by atoms with Gasteiger partial charge in [0.1, 0.15) is 6.17 Å². The lowest BCUT2D eigenvalue weighted by molar-refractivity contribution is -0.128. The number of carbonyl (C=O) groups is 1. The first kappa shape index (κ1) is 20.6. The zero-order valence-corrected chi connectivity index (χ0v) is 18.0. The largest absolute Gasteiger partial charge is 0.271 e. The van der Waals surface area contributed by atoms with Gasteiger partial charge in [0.05, 0.1) is 12.3 Å². The molecule has 1 amide bonds. The highest BCUT2D eigenvalue weighted by Gasteiger charge is 2.39. The topological polar surface area (TPSA) is 35.9 Å². The maximum absolute atomic E-state index is 13.0. The Morgan fingerprint density at radius 1 is 0.967 bits per heavy atom. The summed E-state index contributed by atoms with van der Waals surface area (Å²) in [5.41, 5.74) is 3.72. The maximum Gasteiger partial charge on any atom is 0.258 e. The van der Waals surface area contributed by atoms with E-state index in [1.807, 2.05) is 73.7 Å². The minimum Gasteiger partial charge on any atom is -0.271 e. The van der Waals surface area contributed by atoms with Gasteiger partial charge in [-0.3, -0.25) is 9.69 Å². The van der Waals surface area contributed by atoms with Crippen LogP contribution in [0.3, 0.4) is 0 Å². The molecule has 152 valence electrons. The zero-order chi connectivity index (χ0) is 21.1. The van der Waals surface area contributed by atoms with Crippen LogP contribution in [0.25, 0.3) is 0 Å². The number of hydrogen-bond acceptors (Lipinski definition) is 3. The number of hydrogen-bond donors (Lipinski definition) is 0. The van der Waals surface area contributed by atoms with E-state index in [0.717, 1.165) is 22.4 Å². The van der Waals surface area contributed by atoms with Gasteiger partial charge in [0.15, 0.2) is 0 Å². The van der Waals surface area contributed by atoms with Gasteiger partial charge in [0.25, 0.3) is 5.91 Å². The van der Waals surface area contributed by atoms with Crippen LogP contribution in [-0.4, -0.2) is 28.1 Å². The van der Waals surface area contributed by atoms with Crippen molar-refractivity contribution in [3.63, 3.8) is 0 Å². The second kappa shape index (κ2) is 9.00. The molecule has 4 rings (SSSR count). The first-order valence-electron chi connectivity index (χ1n) is 9.68. The molecule has 1 aliphatic rings. The summed E-state index contributed by atoms with van der Waals surface area (Å²) in [5.74, 6) is -0.0516. The molecule has 6 heteroatoms. The fraction of sp³-hybridized carbons (Fsp3) is 0.167. The van der Waals surface area contributed by atoms with Gasteiger partial charge in [0, 0.05) is 16.6 Å². The van der Waals surface area contributed by atoms with Crippen LogP contribution in [0.1, 0.15) is 29.8 Å². The summed E-state index contributed by atoms with van der Waals surface area (Å²) in [6.45, 7) is 2.81. The van der Waals surface area contributed by atoms with E-state index in [-0.39, 0.29) is 18.6 Å². The van der Waals surface area contributed by atoms with Crippen molar-refractivity contribution in [2.24, 2.45) is 5.10 Å². The van der Waals surface area contributed by atoms with Gasteiger partial charge >= 0.3 is 0 Å². The van der Waals surface area contributed by atoms with Crippen LogP contribution in [0.15, 0.2) is 84.0 Å². The van der Waals surface area contributed by atoms with Gasteiger partial charge in [-0.25, -0.2) is 5.01 Å². The van der Waals surface area contributed by atoms with Crippen molar-refractivity contribution in [3.8, 4) is 0 Å². The van der Waals surface area contributed by atoms with Crippen LogP contribution in [0.4, 0.5) is 0 Å². The molecule has 1 aliphatic heterocycles. The van der Waals surface area contributed by atoms with E-state index in [4.69, 9.17) is 28.3 Å². The van der Waals surface area contributed by atoms with Crippen LogP contribution in [0, 0.1) is 0 Å². The molecule has 4 nitrogen and oxygen atoms in total. The second-order valence-electron chi connectivity index (χ2n) is 7.25. The molecule has 1 heterocycles. The van der Waals surface area contributed by atoms with Crippen molar-refractivity contribution in [3.05, 3.63) is 106 Å². The van der Waals surface area contributed by atoms with Gasteiger partial charge in [-0.15, -0.1) is 0 Å². The quantitative estimate of drug-likeness (QED) is 0.475. The van der Waals surface area contributed by atoms with E-state index >= 15 is 0 Å². The summed E-state index contributed by atoms with van der Waals surface area (Å²) < 4.78 is 0. The minimum absolute atomic E-state index is 0.0516. The maximum atomic E-state index is 13.0. The molecule has 1 atom stereocenters. The second-order valence-corrected chi connectivity index (χ2v) is 8.12. The Morgan fingerprint density at radius 2 is 1.70 bits per heavy atom. The Balaban J connectivity index is 1.71. The van der Waals surface area contributed by atoms with Crippen molar-refractivity contribution >= 4 is 34.8 Å². The molecule has 0 radical (unpaired) electrons. The molecule has 0 spiro atoms. The van der Waals surface area contributed by atoms with Crippen molar-refractivity contribution in [2.45, 2.75) is 19.6 Å². The molecule has 0 aromatic heterocycles. The van der Waals surface area contributed by atoms with Crippen LogP contribution in [0.5, 0.6) is 0 Å². The van der Waals surface area contributed by atoms with Crippen LogP contribution >= 0.6 is 23.2 Å². The number of carbonyl (C=O) groups excluding carboxylic acids is 1. The molecule has 1 saturated heterocycles. The molecule has 1 fully saturated rings. The van der Waals surface area contributed by atoms with E-state index in [2.05, 4.69) is 17.0 Å². The molecular weight excluding hydrogens is 417 g/mol. The number of amides is 1. The van der Waals surface area contributed by atoms with Crippen LogP contribution in [0.2, 0.25) is 10.0 Å². The fourth-order valence-corrected chi connectivity index (χ4v) is 3.95. The smallest absolute Gasteiger partial charge is 0.258 e. The van der Waals surface area contributed by atoms with E-state index in [0.29, 0.717) is 16.6 Å². The van der Waals surface area contributed by atoms with Gasteiger partial charge in [0.2, 0.25) is 0 Å². The van der Waals surface area contributed by atoms with E-state index < -0.39 is 0 Å². The average molecular weight is 438 g/mol. The van der Waals surface area contributed by atoms with E-state index in [1.165, 1.54) is 0 Å². The summed E-state index contributed by atoms with van der Waals surface area (Å²) in [5, 5.41) is 7.57. The van der Waals surface area contributed by atoms with Gasteiger partial charge in [-0.2, -0.15) is 5.10 Å². The van der Waals surface area contributed by atoms with Crippen molar-refractivity contribution in [1.82, 2.24) is 9.91 Å². The number of benzene rings is 3. The SMILES string of the molecule is C/C(=N/N1C(=O)CN(Cc2ccccc2)[C@H]1c1cccc(Cl)c1)c1ccc(Cl)cc1. The molecular formula is C24H21Cl2N3O. The van der Waals surface area contributed by atoms with Gasteiger partial charge < -0.3 is 0 Å². The summed E-state index contributed by atoms with van der Waals surface area (Å²) in [7, 11) is 0. The Kier molecular flexibility index (Phi) is 6.18. The van der Waals surface area contributed by atoms with Crippen molar-refractivity contribution in [1.29, 1.82) is 0 Å². The molecule has 0 unspecified atom stereocenters. The van der Waals surface area contributed by atoms with Crippen molar-refractivity contribution in [2.75, 3.05) is 6.54 Å². The Labute approximate surface area is 186 Å². The van der Waals surface area contributed by atoms with Crippen molar-refractivity contribution < 1.29 is 4.79 Å². The number of hydrazone groups is 1. The average Bonchev–Trinajstić information content (AvgIpc) is 3.04. The highest BCUT2D eigenvalue weighted by atomic mass is 35.5. The summed E-state index contributed by atoms with van der Waals surface area (Å²) in [6.07, 6.45) is -0.335. The van der Waals surface area contributed by atoms with Gasteiger partial charge in [-0.1, -0.05) is 77.8 Å². The number of nitrogens with zero attached hydrogens (tertiary/aromatic N) is 3. The third-order valence-corrected chi connectivity index (χ3v) is 5.55. The normalized spacial score (nSPS) is 17.6. The van der Waals surface area contributed by atoms with E-state index in [1.54, 1.807) is 5.01 Å². The predicted molar refractivity (Wildman–Crippen MR) is 122 cm³/mol. The zero-order valence-electron chi connectivity index (χ0n) is 16.5. The summed E-state index contributed by atoms with van der Waals surface area (Å²) in [6, 6.07) is 25.1. The standard InChI is InChI=1S/C24H21Cl2N3O/c1-17(19-10-12-21(25)13-11-19)27-29-23(30)16-28(15-18-6-3-2-4-7-18)24(29)20-8-5-9-22(26)14-20/h2-14,24H,15-16H2,1H3/b27-17-/t24-/m1/s1. The molecule has 3 aromatic carbocycles. The highest BCUT2D eigenvalue weighted by molar-refractivity contribution is 6.31. The summed E-state index contributed by atoms with van der Waals surface area (Å²) >= 11 is 12.3. The lowest BCUT2D eigenvalue weighted by Crippen LogP contribution is -2.29. The molecule has 3 aromatic rings. The van der Waals surface area contributed by atoms with Crippen LogP contribution in [-0.2, 0) is 11.3 Å². The molecule has 0 bridgehead atoms. The van der Waals surface area contributed by atoms with Gasteiger partial charge in [-0.05, 0) is 47.9 Å². The first-order chi connectivity index (χ1) is 14.5. The third kappa shape index (κ3) is 4.57. The summed E-state index contributed by atoms with van der Waals surface area (Å²) in [4.78, 5) is 15.1. The van der Waals surface area contributed by atoms with E-state index in [9.17, 15) is 4.79 Å². The minimum atomic E-state index is -0.335. The Hall–Kier alpha value is -2.66. The Bertz CT molecular complexity index is 1070. The lowest BCUT2D eigenvalue weighted by Gasteiger charge is -2.28. The molecule has 30 heavy (non-hydrogen) atoms. The predicted octanol–water partition coefficient (Wildman–Crippen LogP) is 5.76. The fourth-order valence-electron chi connectivity index (χ4n) is 3.62. The van der Waals surface area contributed by atoms with Crippen LogP contribution < -0.4 is 0 Å².